The lowest BCUT2D eigenvalue weighted by Gasteiger charge is -2.29. The first kappa shape index (κ1) is 17.5. The van der Waals surface area contributed by atoms with Gasteiger partial charge in [-0.05, 0) is 56.0 Å². The predicted molar refractivity (Wildman–Crippen MR) is 102 cm³/mol. The van der Waals surface area contributed by atoms with Crippen LogP contribution < -0.4 is 15.4 Å². The van der Waals surface area contributed by atoms with Crippen LogP contribution in [-0.4, -0.2) is 29.1 Å². The van der Waals surface area contributed by atoms with Crippen molar-refractivity contribution in [3.8, 4) is 23.1 Å². The first-order valence-corrected chi connectivity index (χ1v) is 9.31. The Bertz CT molecular complexity index is 893. The van der Waals surface area contributed by atoms with E-state index in [-0.39, 0.29) is 12.0 Å². The summed E-state index contributed by atoms with van der Waals surface area (Å²) < 4.78 is 6.26. The number of nitrogens with zero attached hydrogens (tertiary/aromatic N) is 2. The van der Waals surface area contributed by atoms with E-state index in [2.05, 4.69) is 21.7 Å². The number of hydrogen-bond donors (Lipinski definition) is 2. The largest absolute Gasteiger partial charge is 0.490 e. The summed E-state index contributed by atoms with van der Waals surface area (Å²) in [6, 6.07) is 12.3. The number of carbonyl (C=O) groups excluding carboxylic acids is 1. The first-order chi connectivity index (χ1) is 13.1. The van der Waals surface area contributed by atoms with Gasteiger partial charge >= 0.3 is 0 Å². The molecule has 2 saturated heterocycles. The average molecular weight is 362 g/mol. The number of fused-ring (bicyclic) bond motifs is 2. The monoisotopic (exact) mass is 362 g/mol. The van der Waals surface area contributed by atoms with Crippen molar-refractivity contribution < 1.29 is 9.53 Å². The van der Waals surface area contributed by atoms with Gasteiger partial charge in [-0.3, -0.25) is 9.78 Å². The standard InChI is InChI=1S/C21H22N4O2/c1-13(26)24-20-3-2-6-23-21(20)15-7-14(12-22)8-18(9-15)27-19-10-16-4-5-17(11-19)25-16/h2-3,6-9,16-17,19,25H,4-5,10-11H2,1H3,(H,24,26)/t16-,17+,19?. The van der Waals surface area contributed by atoms with Gasteiger partial charge < -0.3 is 15.4 Å². The van der Waals surface area contributed by atoms with Crippen molar-refractivity contribution in [2.45, 2.75) is 50.8 Å². The highest BCUT2D eigenvalue weighted by atomic mass is 16.5. The van der Waals surface area contributed by atoms with Crippen molar-refractivity contribution in [3.63, 3.8) is 0 Å². The van der Waals surface area contributed by atoms with Gasteiger partial charge in [0.25, 0.3) is 0 Å². The molecule has 6 heteroatoms. The summed E-state index contributed by atoms with van der Waals surface area (Å²) >= 11 is 0. The number of pyridine rings is 1. The first-order valence-electron chi connectivity index (χ1n) is 9.31. The topological polar surface area (TPSA) is 87.0 Å². The van der Waals surface area contributed by atoms with Gasteiger partial charge in [0.2, 0.25) is 5.91 Å². The van der Waals surface area contributed by atoms with Gasteiger partial charge in [-0.1, -0.05) is 0 Å². The van der Waals surface area contributed by atoms with E-state index in [0.29, 0.717) is 34.8 Å². The molecule has 1 aromatic heterocycles. The van der Waals surface area contributed by atoms with Crippen LogP contribution in [-0.2, 0) is 4.79 Å². The van der Waals surface area contributed by atoms with Crippen molar-refractivity contribution in [1.82, 2.24) is 10.3 Å². The Morgan fingerprint density at radius 1 is 1.30 bits per heavy atom. The van der Waals surface area contributed by atoms with Crippen LogP contribution in [0, 0.1) is 11.3 Å². The third-order valence-electron chi connectivity index (χ3n) is 5.16. The zero-order valence-electron chi connectivity index (χ0n) is 15.2. The van der Waals surface area contributed by atoms with Crippen LogP contribution in [0.3, 0.4) is 0 Å². The molecular weight excluding hydrogens is 340 g/mol. The molecule has 2 N–H and O–H groups in total. The number of nitriles is 1. The number of rotatable bonds is 4. The van der Waals surface area contributed by atoms with Crippen molar-refractivity contribution in [3.05, 3.63) is 42.1 Å². The quantitative estimate of drug-likeness (QED) is 0.872. The normalized spacial score (nSPS) is 23.5. The Hall–Kier alpha value is -2.91. The van der Waals surface area contributed by atoms with Crippen molar-refractivity contribution >= 4 is 11.6 Å². The maximum Gasteiger partial charge on any atom is 0.221 e. The van der Waals surface area contributed by atoms with E-state index >= 15 is 0 Å². The molecule has 27 heavy (non-hydrogen) atoms. The molecule has 0 aliphatic carbocycles. The van der Waals surface area contributed by atoms with E-state index in [1.165, 1.54) is 19.8 Å². The zero-order chi connectivity index (χ0) is 18.8. The van der Waals surface area contributed by atoms with Crippen LogP contribution in [0.4, 0.5) is 5.69 Å². The molecule has 1 unspecified atom stereocenters. The summed E-state index contributed by atoms with van der Waals surface area (Å²) in [4.78, 5) is 15.9. The lowest BCUT2D eigenvalue weighted by molar-refractivity contribution is -0.114. The molecule has 138 valence electrons. The molecule has 2 aliphatic heterocycles. The maximum atomic E-state index is 11.5. The minimum Gasteiger partial charge on any atom is -0.490 e. The summed E-state index contributed by atoms with van der Waals surface area (Å²) in [5.41, 5.74) is 2.51. The fraction of sp³-hybridized carbons (Fsp3) is 0.381. The molecule has 2 fully saturated rings. The fourth-order valence-electron chi connectivity index (χ4n) is 4.09. The Balaban J connectivity index is 1.64. The van der Waals surface area contributed by atoms with E-state index in [9.17, 15) is 10.1 Å². The zero-order valence-corrected chi connectivity index (χ0v) is 15.2. The summed E-state index contributed by atoms with van der Waals surface area (Å²) in [5.74, 6) is 0.511. The molecule has 2 bridgehead atoms. The van der Waals surface area contributed by atoms with Gasteiger partial charge in [0.15, 0.2) is 0 Å². The van der Waals surface area contributed by atoms with Crippen LogP contribution in [0.25, 0.3) is 11.3 Å². The second kappa shape index (κ2) is 7.37. The Kier molecular flexibility index (Phi) is 4.78. The van der Waals surface area contributed by atoms with Gasteiger partial charge in [-0.2, -0.15) is 5.26 Å². The molecule has 2 aliphatic rings. The van der Waals surface area contributed by atoms with Gasteiger partial charge in [0.05, 0.1) is 23.0 Å². The highest BCUT2D eigenvalue weighted by molar-refractivity contribution is 5.93. The van der Waals surface area contributed by atoms with E-state index in [1.807, 2.05) is 6.07 Å². The molecular formula is C21H22N4O2. The van der Waals surface area contributed by atoms with E-state index in [4.69, 9.17) is 4.74 Å². The third-order valence-corrected chi connectivity index (χ3v) is 5.16. The number of benzene rings is 1. The lowest BCUT2D eigenvalue weighted by atomic mass is 10.0. The molecule has 4 rings (SSSR count). The SMILES string of the molecule is CC(=O)Nc1cccnc1-c1cc(C#N)cc(OC2C[C@H]3CC[C@@H](C2)N3)c1. The predicted octanol–water partition coefficient (Wildman–Crippen LogP) is 3.24. The number of carbonyl (C=O) groups is 1. The number of piperidine rings is 1. The Morgan fingerprint density at radius 2 is 2.07 bits per heavy atom. The summed E-state index contributed by atoms with van der Waals surface area (Å²) in [6.45, 7) is 1.46. The highest BCUT2D eigenvalue weighted by Crippen LogP contribution is 2.33. The van der Waals surface area contributed by atoms with Crippen LogP contribution in [0.5, 0.6) is 5.75 Å². The van der Waals surface area contributed by atoms with Crippen LogP contribution in [0.1, 0.15) is 38.2 Å². The van der Waals surface area contributed by atoms with Crippen molar-refractivity contribution in [2.24, 2.45) is 0 Å². The van der Waals surface area contributed by atoms with Crippen LogP contribution >= 0.6 is 0 Å². The molecule has 6 nitrogen and oxygen atoms in total. The molecule has 1 aromatic carbocycles. The molecule has 1 amide bonds. The minimum absolute atomic E-state index is 0.157. The number of anilines is 1. The lowest BCUT2D eigenvalue weighted by Crippen LogP contribution is -2.42. The molecule has 2 aromatic rings. The highest BCUT2D eigenvalue weighted by Gasteiger charge is 2.34. The molecule has 3 atom stereocenters. The van der Waals surface area contributed by atoms with Crippen molar-refractivity contribution in [1.29, 1.82) is 5.26 Å². The Labute approximate surface area is 158 Å². The third kappa shape index (κ3) is 3.93. The average Bonchev–Trinajstić information content (AvgIpc) is 2.99. The second-order valence-electron chi connectivity index (χ2n) is 7.29. The van der Waals surface area contributed by atoms with Gasteiger partial charge in [-0.15, -0.1) is 0 Å². The fourth-order valence-corrected chi connectivity index (χ4v) is 4.09. The Morgan fingerprint density at radius 3 is 2.78 bits per heavy atom. The van der Waals surface area contributed by atoms with Crippen LogP contribution in [0.2, 0.25) is 0 Å². The number of ether oxygens (including phenoxy) is 1. The van der Waals surface area contributed by atoms with Gasteiger partial charge in [0, 0.05) is 30.8 Å². The number of aromatic nitrogens is 1. The van der Waals surface area contributed by atoms with Crippen LogP contribution in [0.15, 0.2) is 36.5 Å². The van der Waals surface area contributed by atoms with Gasteiger partial charge in [-0.25, -0.2) is 0 Å². The molecule has 0 radical (unpaired) electrons. The minimum atomic E-state index is -0.164. The summed E-state index contributed by atoms with van der Waals surface area (Å²) in [6.07, 6.45) is 6.23. The molecule has 3 heterocycles. The summed E-state index contributed by atoms with van der Waals surface area (Å²) in [7, 11) is 0. The van der Waals surface area contributed by atoms with E-state index < -0.39 is 0 Å². The van der Waals surface area contributed by atoms with Crippen molar-refractivity contribution in [2.75, 3.05) is 5.32 Å². The summed E-state index contributed by atoms with van der Waals surface area (Å²) in [5, 5.41) is 15.8. The molecule has 0 saturated carbocycles. The number of hydrogen-bond acceptors (Lipinski definition) is 5. The maximum absolute atomic E-state index is 11.5. The van der Waals surface area contributed by atoms with Gasteiger partial charge in [0.1, 0.15) is 11.9 Å². The second-order valence-corrected chi connectivity index (χ2v) is 7.29. The van der Waals surface area contributed by atoms with E-state index in [1.54, 1.807) is 30.5 Å². The number of amides is 1. The molecule has 0 spiro atoms. The van der Waals surface area contributed by atoms with E-state index in [0.717, 1.165) is 18.4 Å². The number of nitrogens with one attached hydrogen (secondary N) is 2. The smallest absolute Gasteiger partial charge is 0.221 e.